The van der Waals surface area contributed by atoms with Crippen LogP contribution in [0.15, 0.2) is 109 Å². The highest BCUT2D eigenvalue weighted by molar-refractivity contribution is 6.09. The first-order chi connectivity index (χ1) is 17.8. The molecular formula is C30H21N5O. The Kier molecular flexibility index (Phi) is 4.57. The van der Waals surface area contributed by atoms with Crippen molar-refractivity contribution in [3.8, 4) is 23.1 Å². The molecule has 0 bridgehead atoms. The fourth-order valence-electron chi connectivity index (χ4n) is 4.90. The molecule has 3 aromatic carbocycles. The third-order valence-electron chi connectivity index (χ3n) is 6.43. The van der Waals surface area contributed by atoms with Crippen LogP contribution in [0.5, 0.6) is 11.5 Å². The van der Waals surface area contributed by atoms with E-state index in [2.05, 4.69) is 50.9 Å². The number of rotatable bonds is 4. The van der Waals surface area contributed by atoms with Crippen LogP contribution in [-0.2, 0) is 0 Å². The lowest BCUT2D eigenvalue weighted by Gasteiger charge is -2.10. The molecule has 0 spiro atoms. The van der Waals surface area contributed by atoms with Crippen molar-refractivity contribution in [2.24, 2.45) is 0 Å². The summed E-state index contributed by atoms with van der Waals surface area (Å²) in [6.45, 7) is 1.99. The van der Waals surface area contributed by atoms with E-state index < -0.39 is 0 Å². The van der Waals surface area contributed by atoms with Crippen LogP contribution in [0.4, 0.5) is 0 Å². The summed E-state index contributed by atoms with van der Waals surface area (Å²) in [5.74, 6) is 4.07. The molecule has 0 unspecified atom stereocenters. The fraction of sp³-hybridized carbons (Fsp3) is 0.0333. The van der Waals surface area contributed by atoms with Crippen LogP contribution in [-0.4, -0.2) is 24.1 Å². The van der Waals surface area contributed by atoms with Crippen molar-refractivity contribution < 1.29 is 4.74 Å². The Morgan fingerprint density at radius 3 is 1.97 bits per heavy atom. The first kappa shape index (κ1) is 20.4. The summed E-state index contributed by atoms with van der Waals surface area (Å²) >= 11 is 0. The van der Waals surface area contributed by atoms with Crippen LogP contribution in [0.1, 0.15) is 5.82 Å². The van der Waals surface area contributed by atoms with Gasteiger partial charge in [-0.05, 0) is 61.5 Å². The maximum atomic E-state index is 6.39. The molecule has 7 rings (SSSR count). The lowest BCUT2D eigenvalue weighted by Crippen LogP contribution is -1.99. The Labute approximate surface area is 207 Å². The third kappa shape index (κ3) is 3.23. The van der Waals surface area contributed by atoms with Gasteiger partial charge in [-0.15, -0.1) is 0 Å². The molecule has 0 N–H and O–H groups in total. The standard InChI is InChI=1S/C30H21N5O/c1-20-33-25-15-13-22(19-28(25)34(20)29-10-4-6-16-31-29)36-21-12-14-24-23-8-2-3-9-26(23)35(27(24)18-21)30-11-5-7-17-32-30/h2-19H,1H3. The topological polar surface area (TPSA) is 57.8 Å². The molecule has 0 amide bonds. The van der Waals surface area contributed by atoms with Crippen LogP contribution in [0, 0.1) is 6.92 Å². The van der Waals surface area contributed by atoms with Gasteiger partial charge in [0.1, 0.15) is 29.0 Å². The smallest absolute Gasteiger partial charge is 0.138 e. The Bertz CT molecular complexity index is 1870. The molecule has 172 valence electrons. The number of nitrogens with zero attached hydrogens (tertiary/aromatic N) is 5. The highest BCUT2D eigenvalue weighted by Crippen LogP contribution is 2.35. The Morgan fingerprint density at radius 1 is 0.583 bits per heavy atom. The number of hydrogen-bond acceptors (Lipinski definition) is 4. The minimum atomic E-state index is 0.736. The third-order valence-corrected chi connectivity index (χ3v) is 6.43. The van der Waals surface area contributed by atoms with Crippen molar-refractivity contribution in [1.29, 1.82) is 0 Å². The van der Waals surface area contributed by atoms with E-state index in [9.17, 15) is 0 Å². The second kappa shape index (κ2) is 8.06. The zero-order chi connectivity index (χ0) is 24.1. The minimum absolute atomic E-state index is 0.736. The van der Waals surface area contributed by atoms with E-state index in [1.165, 1.54) is 5.39 Å². The van der Waals surface area contributed by atoms with E-state index in [0.717, 1.165) is 56.4 Å². The van der Waals surface area contributed by atoms with Gasteiger partial charge in [-0.2, -0.15) is 0 Å². The Balaban J connectivity index is 1.35. The molecule has 36 heavy (non-hydrogen) atoms. The summed E-state index contributed by atoms with van der Waals surface area (Å²) in [6.07, 6.45) is 3.61. The number of fused-ring (bicyclic) bond motifs is 4. The van der Waals surface area contributed by atoms with Crippen LogP contribution in [0.25, 0.3) is 44.5 Å². The molecule has 0 aliphatic carbocycles. The Morgan fingerprint density at radius 2 is 1.22 bits per heavy atom. The molecule has 4 heterocycles. The van der Waals surface area contributed by atoms with Crippen LogP contribution in [0.3, 0.4) is 0 Å². The van der Waals surface area contributed by atoms with E-state index in [1.807, 2.05) is 78.4 Å². The van der Waals surface area contributed by atoms with Crippen LogP contribution >= 0.6 is 0 Å². The molecule has 0 aliphatic rings. The van der Waals surface area contributed by atoms with Gasteiger partial charge in [-0.1, -0.05) is 30.3 Å². The van der Waals surface area contributed by atoms with Gasteiger partial charge in [0.25, 0.3) is 0 Å². The number of ether oxygens (including phenoxy) is 1. The van der Waals surface area contributed by atoms with Gasteiger partial charge in [-0.3, -0.25) is 9.13 Å². The number of hydrogen-bond donors (Lipinski definition) is 0. The second-order valence-corrected chi connectivity index (χ2v) is 8.65. The highest BCUT2D eigenvalue weighted by Gasteiger charge is 2.15. The predicted molar refractivity (Wildman–Crippen MR) is 142 cm³/mol. The zero-order valence-corrected chi connectivity index (χ0v) is 19.5. The van der Waals surface area contributed by atoms with E-state index in [1.54, 1.807) is 6.20 Å². The zero-order valence-electron chi connectivity index (χ0n) is 19.5. The fourth-order valence-corrected chi connectivity index (χ4v) is 4.90. The van der Waals surface area contributed by atoms with Crippen molar-refractivity contribution >= 4 is 32.8 Å². The molecule has 0 aliphatic heterocycles. The minimum Gasteiger partial charge on any atom is -0.457 e. The van der Waals surface area contributed by atoms with E-state index in [4.69, 9.17) is 9.72 Å². The van der Waals surface area contributed by atoms with Gasteiger partial charge in [0.15, 0.2) is 0 Å². The molecule has 6 heteroatoms. The second-order valence-electron chi connectivity index (χ2n) is 8.65. The molecule has 0 fully saturated rings. The largest absolute Gasteiger partial charge is 0.457 e. The van der Waals surface area contributed by atoms with Gasteiger partial charge >= 0.3 is 0 Å². The van der Waals surface area contributed by atoms with Crippen molar-refractivity contribution in [2.75, 3.05) is 0 Å². The summed E-state index contributed by atoms with van der Waals surface area (Å²) < 4.78 is 10.6. The van der Waals surface area contributed by atoms with Crippen molar-refractivity contribution in [2.45, 2.75) is 6.92 Å². The number of para-hydroxylation sites is 1. The molecule has 0 atom stereocenters. The number of imidazole rings is 1. The molecule has 4 aromatic heterocycles. The summed E-state index contributed by atoms with van der Waals surface area (Å²) in [4.78, 5) is 13.8. The SMILES string of the molecule is Cc1nc2ccc(Oc3ccc4c5ccccc5n(-c5ccccn5)c4c3)cc2n1-c1ccccn1. The molecule has 0 radical (unpaired) electrons. The number of benzene rings is 3. The molecule has 0 saturated carbocycles. The number of aromatic nitrogens is 5. The molecule has 7 aromatic rings. The van der Waals surface area contributed by atoms with Gasteiger partial charge in [0.05, 0.1) is 22.1 Å². The monoisotopic (exact) mass is 467 g/mol. The van der Waals surface area contributed by atoms with Crippen LogP contribution in [0.2, 0.25) is 0 Å². The summed E-state index contributed by atoms with van der Waals surface area (Å²) in [6, 6.07) is 32.4. The maximum Gasteiger partial charge on any atom is 0.138 e. The van der Waals surface area contributed by atoms with Crippen LogP contribution < -0.4 is 4.74 Å². The Hall–Kier alpha value is -4.97. The average Bonchev–Trinajstić information content (AvgIpc) is 3.43. The summed E-state index contributed by atoms with van der Waals surface area (Å²) in [5.41, 5.74) is 4.01. The molecular weight excluding hydrogens is 446 g/mol. The first-order valence-electron chi connectivity index (χ1n) is 11.8. The summed E-state index contributed by atoms with van der Waals surface area (Å²) in [7, 11) is 0. The molecule has 0 saturated heterocycles. The van der Waals surface area contributed by atoms with Gasteiger partial charge in [0, 0.05) is 35.3 Å². The van der Waals surface area contributed by atoms with Crippen molar-refractivity contribution in [1.82, 2.24) is 24.1 Å². The van der Waals surface area contributed by atoms with E-state index in [0.29, 0.717) is 0 Å². The maximum absolute atomic E-state index is 6.39. The van der Waals surface area contributed by atoms with Gasteiger partial charge in [-0.25, -0.2) is 15.0 Å². The average molecular weight is 468 g/mol. The normalized spacial score (nSPS) is 11.5. The van der Waals surface area contributed by atoms with Crippen molar-refractivity contribution in [3.05, 3.63) is 115 Å². The quantitative estimate of drug-likeness (QED) is 0.279. The first-order valence-corrected chi connectivity index (χ1v) is 11.8. The number of aryl methyl sites for hydroxylation is 1. The highest BCUT2D eigenvalue weighted by atomic mass is 16.5. The van der Waals surface area contributed by atoms with Gasteiger partial charge in [0.2, 0.25) is 0 Å². The van der Waals surface area contributed by atoms with Crippen molar-refractivity contribution in [3.63, 3.8) is 0 Å². The van der Waals surface area contributed by atoms with E-state index >= 15 is 0 Å². The van der Waals surface area contributed by atoms with Gasteiger partial charge < -0.3 is 4.74 Å². The number of pyridine rings is 2. The summed E-state index contributed by atoms with van der Waals surface area (Å²) in [5, 5.41) is 2.34. The van der Waals surface area contributed by atoms with E-state index in [-0.39, 0.29) is 0 Å². The lowest BCUT2D eigenvalue weighted by molar-refractivity contribution is 0.484. The lowest BCUT2D eigenvalue weighted by atomic mass is 10.1. The molecule has 6 nitrogen and oxygen atoms in total. The predicted octanol–water partition coefficient (Wildman–Crippen LogP) is 7.01.